The van der Waals surface area contributed by atoms with E-state index in [9.17, 15) is 18.0 Å². The van der Waals surface area contributed by atoms with Crippen LogP contribution in [-0.2, 0) is 11.0 Å². The number of nitrogens with zero attached hydrogens (tertiary/aromatic N) is 1. The van der Waals surface area contributed by atoms with Crippen molar-refractivity contribution in [1.29, 1.82) is 0 Å². The van der Waals surface area contributed by atoms with Gasteiger partial charge in [0.05, 0.1) is 22.2 Å². The number of carbonyl (C=O) groups excluding carboxylic acids is 1. The molecule has 0 aliphatic heterocycles. The highest BCUT2D eigenvalue weighted by molar-refractivity contribution is 7.80. The second-order valence-electron chi connectivity index (χ2n) is 5.24. The van der Waals surface area contributed by atoms with E-state index in [1.807, 2.05) is 18.2 Å². The van der Waals surface area contributed by atoms with Crippen molar-refractivity contribution in [2.75, 3.05) is 5.32 Å². The predicted molar refractivity (Wildman–Crippen MR) is 96.6 cm³/mol. The third-order valence-electron chi connectivity index (χ3n) is 3.33. The number of hydrogen-bond donors (Lipinski definition) is 3. The maximum atomic E-state index is 12.6. The van der Waals surface area contributed by atoms with Crippen molar-refractivity contribution in [3.05, 3.63) is 58.9 Å². The molecular weight excluding hydrogens is 389 g/mol. The summed E-state index contributed by atoms with van der Waals surface area (Å²) in [5, 5.41) is 2.75. The first-order chi connectivity index (χ1) is 12.2. The van der Waals surface area contributed by atoms with E-state index in [-0.39, 0.29) is 15.8 Å². The summed E-state index contributed by atoms with van der Waals surface area (Å²) >= 11 is 10.9. The molecule has 0 spiro atoms. The van der Waals surface area contributed by atoms with Crippen molar-refractivity contribution in [2.45, 2.75) is 19.0 Å². The molecule has 0 saturated heterocycles. The Balaban J connectivity index is 1.96. The SMILES string of the molecule is C[C@@H](C(=O)NNC(=S)Nc1ccccc1)c1ncc(C(F)(F)F)cc1Cl. The zero-order chi connectivity index (χ0) is 19.3. The summed E-state index contributed by atoms with van der Waals surface area (Å²) in [4.78, 5) is 15.8. The Morgan fingerprint density at radius 1 is 1.23 bits per heavy atom. The minimum absolute atomic E-state index is 0.0286. The Morgan fingerprint density at radius 3 is 2.46 bits per heavy atom. The molecular formula is C16H14ClF3N4OS. The molecule has 0 aliphatic rings. The summed E-state index contributed by atoms with van der Waals surface area (Å²) < 4.78 is 37.9. The third kappa shape index (κ3) is 5.30. The average molecular weight is 403 g/mol. The standard InChI is InChI=1S/C16H14ClF3N4OS/c1-9(13-12(17)7-10(8-21-13)16(18,19)20)14(25)23-24-15(26)22-11-5-3-2-4-6-11/h2-9H,1H3,(H,23,25)(H2,22,24,26)/t9-/m1/s1. The zero-order valence-electron chi connectivity index (χ0n) is 13.4. The van der Waals surface area contributed by atoms with Gasteiger partial charge >= 0.3 is 6.18 Å². The number of rotatable bonds is 3. The van der Waals surface area contributed by atoms with Crippen LogP contribution in [0.1, 0.15) is 24.1 Å². The van der Waals surface area contributed by atoms with Crippen LogP contribution in [0.25, 0.3) is 0 Å². The number of carbonyl (C=O) groups is 1. The molecule has 10 heteroatoms. The molecule has 0 radical (unpaired) electrons. The molecule has 1 aromatic heterocycles. The number of hydrazine groups is 1. The molecule has 138 valence electrons. The van der Waals surface area contributed by atoms with E-state index in [1.54, 1.807) is 12.1 Å². The van der Waals surface area contributed by atoms with Crippen LogP contribution in [0.5, 0.6) is 0 Å². The monoisotopic (exact) mass is 402 g/mol. The van der Waals surface area contributed by atoms with Gasteiger partial charge in [0.15, 0.2) is 5.11 Å². The van der Waals surface area contributed by atoms with E-state index in [1.165, 1.54) is 6.92 Å². The van der Waals surface area contributed by atoms with Crippen LogP contribution >= 0.6 is 23.8 Å². The number of pyridine rings is 1. The van der Waals surface area contributed by atoms with E-state index in [0.29, 0.717) is 6.20 Å². The van der Waals surface area contributed by atoms with Gasteiger partial charge in [-0.15, -0.1) is 0 Å². The summed E-state index contributed by atoms with van der Waals surface area (Å²) in [6.07, 6.45) is -3.92. The summed E-state index contributed by atoms with van der Waals surface area (Å²) in [6, 6.07) is 9.76. The first-order valence-electron chi connectivity index (χ1n) is 7.33. The normalized spacial score (nSPS) is 12.2. The first-order valence-corrected chi connectivity index (χ1v) is 8.11. The topological polar surface area (TPSA) is 66.1 Å². The smallest absolute Gasteiger partial charge is 0.331 e. The Kier molecular flexibility index (Phi) is 6.38. The lowest BCUT2D eigenvalue weighted by Gasteiger charge is -2.16. The number of thiocarbonyl (C=S) groups is 1. The molecule has 1 heterocycles. The number of halogens is 4. The highest BCUT2D eigenvalue weighted by Crippen LogP contribution is 2.32. The Labute approximate surface area is 157 Å². The molecule has 5 nitrogen and oxygen atoms in total. The molecule has 0 aliphatic carbocycles. The fourth-order valence-electron chi connectivity index (χ4n) is 1.96. The van der Waals surface area contributed by atoms with Crippen molar-refractivity contribution >= 4 is 40.5 Å². The summed E-state index contributed by atoms with van der Waals surface area (Å²) in [7, 11) is 0. The lowest BCUT2D eigenvalue weighted by Crippen LogP contribution is -2.45. The van der Waals surface area contributed by atoms with Gasteiger partial charge in [0.25, 0.3) is 0 Å². The minimum atomic E-state index is -4.56. The number of hydrogen-bond acceptors (Lipinski definition) is 3. The molecule has 1 atom stereocenters. The fraction of sp³-hybridized carbons (Fsp3) is 0.188. The number of alkyl halides is 3. The van der Waals surface area contributed by atoms with Crippen molar-refractivity contribution in [3.8, 4) is 0 Å². The lowest BCUT2D eigenvalue weighted by molar-refractivity contribution is -0.137. The molecule has 26 heavy (non-hydrogen) atoms. The van der Waals surface area contributed by atoms with Gasteiger partial charge in [0.2, 0.25) is 5.91 Å². The summed E-state index contributed by atoms with van der Waals surface area (Å²) in [6.45, 7) is 1.46. The van der Waals surface area contributed by atoms with Gasteiger partial charge < -0.3 is 5.32 Å². The van der Waals surface area contributed by atoms with Gasteiger partial charge in [-0.05, 0) is 37.3 Å². The molecule has 0 saturated carbocycles. The number of para-hydroxylation sites is 1. The average Bonchev–Trinajstić information content (AvgIpc) is 2.59. The summed E-state index contributed by atoms with van der Waals surface area (Å²) in [5.41, 5.74) is 4.64. The van der Waals surface area contributed by atoms with Crippen molar-refractivity contribution in [3.63, 3.8) is 0 Å². The Bertz CT molecular complexity index is 802. The van der Waals surface area contributed by atoms with Crippen molar-refractivity contribution in [1.82, 2.24) is 15.8 Å². The largest absolute Gasteiger partial charge is 0.417 e. The molecule has 1 aromatic carbocycles. The van der Waals surface area contributed by atoms with Crippen LogP contribution in [0.4, 0.5) is 18.9 Å². The third-order valence-corrected chi connectivity index (χ3v) is 3.84. The Morgan fingerprint density at radius 2 is 1.88 bits per heavy atom. The first kappa shape index (κ1) is 19.9. The number of benzene rings is 1. The van der Waals surface area contributed by atoms with Gasteiger partial charge in [-0.2, -0.15) is 13.2 Å². The van der Waals surface area contributed by atoms with Gasteiger partial charge in [-0.25, -0.2) is 0 Å². The second kappa shape index (κ2) is 8.33. The lowest BCUT2D eigenvalue weighted by atomic mass is 10.1. The molecule has 2 aromatic rings. The number of nitrogens with one attached hydrogen (secondary N) is 3. The number of amides is 1. The van der Waals surface area contributed by atoms with Crippen LogP contribution in [-0.4, -0.2) is 16.0 Å². The summed E-state index contributed by atoms with van der Waals surface area (Å²) in [5.74, 6) is -1.45. The van der Waals surface area contributed by atoms with Gasteiger partial charge in [-0.3, -0.25) is 20.6 Å². The Hall–Kier alpha value is -2.39. The second-order valence-corrected chi connectivity index (χ2v) is 6.06. The van der Waals surface area contributed by atoms with Crippen LogP contribution in [0.15, 0.2) is 42.6 Å². The van der Waals surface area contributed by atoms with Crippen molar-refractivity contribution < 1.29 is 18.0 Å². The highest BCUT2D eigenvalue weighted by atomic mass is 35.5. The van der Waals surface area contributed by atoms with E-state index >= 15 is 0 Å². The number of anilines is 1. The number of aromatic nitrogens is 1. The van der Waals surface area contributed by atoms with E-state index < -0.39 is 23.6 Å². The van der Waals surface area contributed by atoms with Crippen molar-refractivity contribution in [2.24, 2.45) is 0 Å². The maximum absolute atomic E-state index is 12.6. The van der Waals surface area contributed by atoms with Gasteiger partial charge in [0, 0.05) is 11.9 Å². The predicted octanol–water partition coefficient (Wildman–Crippen LogP) is 3.88. The minimum Gasteiger partial charge on any atom is -0.331 e. The molecule has 0 bridgehead atoms. The fourth-order valence-corrected chi connectivity index (χ4v) is 2.46. The maximum Gasteiger partial charge on any atom is 0.417 e. The van der Waals surface area contributed by atoms with Crippen LogP contribution in [0, 0.1) is 0 Å². The molecule has 1 amide bonds. The van der Waals surface area contributed by atoms with Crippen LogP contribution < -0.4 is 16.2 Å². The van der Waals surface area contributed by atoms with E-state index in [2.05, 4.69) is 21.2 Å². The quantitative estimate of drug-likeness (QED) is 0.537. The molecule has 3 N–H and O–H groups in total. The van der Waals surface area contributed by atoms with Crippen LogP contribution in [0.2, 0.25) is 5.02 Å². The van der Waals surface area contributed by atoms with Gasteiger partial charge in [0.1, 0.15) is 0 Å². The zero-order valence-corrected chi connectivity index (χ0v) is 15.0. The van der Waals surface area contributed by atoms with E-state index in [4.69, 9.17) is 23.8 Å². The molecule has 0 unspecified atom stereocenters. The highest BCUT2D eigenvalue weighted by Gasteiger charge is 2.32. The van der Waals surface area contributed by atoms with Crippen LogP contribution in [0.3, 0.4) is 0 Å². The molecule has 2 rings (SSSR count). The van der Waals surface area contributed by atoms with E-state index in [0.717, 1.165) is 11.8 Å². The van der Waals surface area contributed by atoms with Gasteiger partial charge in [-0.1, -0.05) is 29.8 Å². The molecule has 0 fully saturated rings.